The van der Waals surface area contributed by atoms with Crippen LogP contribution in [-0.4, -0.2) is 13.2 Å². The van der Waals surface area contributed by atoms with Crippen LogP contribution in [0.1, 0.15) is 45.1 Å². The Kier molecular flexibility index (Phi) is 3.96. The molecule has 18 heavy (non-hydrogen) atoms. The largest absolute Gasteiger partial charge is 0.497 e. The summed E-state index contributed by atoms with van der Waals surface area (Å²) in [5.74, 6) is 1.58. The SMILES string of the molecule is COc1ccc(C2(C(N)CC(C)C)CCC2)cc1. The Labute approximate surface area is 111 Å². The van der Waals surface area contributed by atoms with Crippen molar-refractivity contribution in [2.45, 2.75) is 51.0 Å². The van der Waals surface area contributed by atoms with E-state index in [1.54, 1.807) is 7.11 Å². The van der Waals surface area contributed by atoms with E-state index in [0.29, 0.717) is 5.92 Å². The van der Waals surface area contributed by atoms with Gasteiger partial charge in [-0.1, -0.05) is 32.4 Å². The molecule has 2 nitrogen and oxygen atoms in total. The maximum Gasteiger partial charge on any atom is 0.118 e. The van der Waals surface area contributed by atoms with E-state index >= 15 is 0 Å². The lowest BCUT2D eigenvalue weighted by molar-refractivity contribution is 0.178. The van der Waals surface area contributed by atoms with Gasteiger partial charge in [0.25, 0.3) is 0 Å². The molecular weight excluding hydrogens is 222 g/mol. The lowest BCUT2D eigenvalue weighted by Gasteiger charge is -2.47. The number of benzene rings is 1. The molecule has 1 aliphatic rings. The first-order valence-corrected chi connectivity index (χ1v) is 6.98. The molecule has 0 amide bonds. The lowest BCUT2D eigenvalue weighted by atomic mass is 9.59. The molecule has 1 saturated carbocycles. The number of hydrogen-bond acceptors (Lipinski definition) is 2. The van der Waals surface area contributed by atoms with Gasteiger partial charge in [0.05, 0.1) is 7.11 Å². The van der Waals surface area contributed by atoms with E-state index < -0.39 is 0 Å². The summed E-state index contributed by atoms with van der Waals surface area (Å²) in [4.78, 5) is 0. The van der Waals surface area contributed by atoms with Crippen molar-refractivity contribution in [3.8, 4) is 5.75 Å². The van der Waals surface area contributed by atoms with E-state index in [-0.39, 0.29) is 11.5 Å². The maximum atomic E-state index is 6.49. The number of nitrogens with two attached hydrogens (primary N) is 1. The summed E-state index contributed by atoms with van der Waals surface area (Å²) in [6.07, 6.45) is 4.87. The highest BCUT2D eigenvalue weighted by molar-refractivity contribution is 5.35. The van der Waals surface area contributed by atoms with Crippen molar-refractivity contribution in [1.29, 1.82) is 0 Å². The Morgan fingerprint density at radius 3 is 2.22 bits per heavy atom. The molecule has 0 aromatic heterocycles. The van der Waals surface area contributed by atoms with Crippen molar-refractivity contribution in [2.24, 2.45) is 11.7 Å². The first kappa shape index (κ1) is 13.4. The fourth-order valence-electron chi connectivity index (χ4n) is 3.09. The van der Waals surface area contributed by atoms with Gasteiger partial charge < -0.3 is 10.5 Å². The van der Waals surface area contributed by atoms with Gasteiger partial charge in [-0.05, 0) is 42.9 Å². The minimum atomic E-state index is 0.219. The van der Waals surface area contributed by atoms with Crippen molar-refractivity contribution in [2.75, 3.05) is 7.11 Å². The van der Waals surface area contributed by atoms with E-state index in [1.807, 2.05) is 0 Å². The predicted molar refractivity (Wildman–Crippen MR) is 76.0 cm³/mol. The van der Waals surface area contributed by atoms with Crippen LogP contribution < -0.4 is 10.5 Å². The van der Waals surface area contributed by atoms with E-state index in [1.165, 1.54) is 24.8 Å². The Bertz CT molecular complexity index is 379. The third-order valence-corrected chi connectivity index (χ3v) is 4.35. The summed E-state index contributed by atoms with van der Waals surface area (Å²) in [6.45, 7) is 4.50. The summed E-state index contributed by atoms with van der Waals surface area (Å²) >= 11 is 0. The molecule has 1 atom stereocenters. The first-order chi connectivity index (χ1) is 8.58. The zero-order chi connectivity index (χ0) is 13.2. The Hall–Kier alpha value is -1.02. The number of hydrogen-bond donors (Lipinski definition) is 1. The summed E-state index contributed by atoms with van der Waals surface area (Å²) in [7, 11) is 1.71. The third-order valence-electron chi connectivity index (χ3n) is 4.35. The number of rotatable bonds is 5. The lowest BCUT2D eigenvalue weighted by Crippen LogP contribution is -2.50. The molecule has 0 aliphatic heterocycles. The molecule has 0 spiro atoms. The molecule has 1 fully saturated rings. The fourth-order valence-corrected chi connectivity index (χ4v) is 3.09. The molecule has 2 N–H and O–H groups in total. The quantitative estimate of drug-likeness (QED) is 0.864. The van der Waals surface area contributed by atoms with Crippen LogP contribution >= 0.6 is 0 Å². The zero-order valence-corrected chi connectivity index (χ0v) is 11.8. The number of ether oxygens (including phenoxy) is 1. The fraction of sp³-hybridized carbons (Fsp3) is 0.625. The van der Waals surface area contributed by atoms with Crippen LogP contribution in [0.15, 0.2) is 24.3 Å². The number of methoxy groups -OCH3 is 1. The van der Waals surface area contributed by atoms with Gasteiger partial charge in [0.15, 0.2) is 0 Å². The molecule has 1 aromatic carbocycles. The highest BCUT2D eigenvalue weighted by Gasteiger charge is 2.43. The molecule has 0 bridgehead atoms. The minimum Gasteiger partial charge on any atom is -0.497 e. The van der Waals surface area contributed by atoms with E-state index in [0.717, 1.165) is 12.2 Å². The van der Waals surface area contributed by atoms with Crippen LogP contribution in [0.3, 0.4) is 0 Å². The van der Waals surface area contributed by atoms with Crippen molar-refractivity contribution in [3.05, 3.63) is 29.8 Å². The second-order valence-electron chi connectivity index (χ2n) is 5.97. The molecule has 0 saturated heterocycles. The Balaban J connectivity index is 2.20. The van der Waals surface area contributed by atoms with Gasteiger partial charge >= 0.3 is 0 Å². The molecule has 100 valence electrons. The van der Waals surface area contributed by atoms with Crippen LogP contribution in [0.2, 0.25) is 0 Å². The van der Waals surface area contributed by atoms with Crippen molar-refractivity contribution >= 4 is 0 Å². The van der Waals surface area contributed by atoms with Gasteiger partial charge in [-0.15, -0.1) is 0 Å². The van der Waals surface area contributed by atoms with Crippen LogP contribution in [-0.2, 0) is 5.41 Å². The second-order valence-corrected chi connectivity index (χ2v) is 5.97. The molecule has 2 rings (SSSR count). The minimum absolute atomic E-state index is 0.219. The topological polar surface area (TPSA) is 35.2 Å². The zero-order valence-electron chi connectivity index (χ0n) is 11.8. The van der Waals surface area contributed by atoms with Crippen LogP contribution in [0.25, 0.3) is 0 Å². The van der Waals surface area contributed by atoms with Crippen LogP contribution in [0.5, 0.6) is 5.75 Å². The average molecular weight is 247 g/mol. The molecule has 1 aromatic rings. The van der Waals surface area contributed by atoms with Crippen molar-refractivity contribution in [3.63, 3.8) is 0 Å². The molecule has 1 aliphatic carbocycles. The second kappa shape index (κ2) is 5.31. The van der Waals surface area contributed by atoms with E-state index in [9.17, 15) is 0 Å². The monoisotopic (exact) mass is 247 g/mol. The molecular formula is C16H25NO. The third kappa shape index (κ3) is 2.39. The van der Waals surface area contributed by atoms with Gasteiger partial charge in [-0.3, -0.25) is 0 Å². The Morgan fingerprint density at radius 1 is 1.22 bits per heavy atom. The predicted octanol–water partition coefficient (Wildman–Crippen LogP) is 3.49. The standard InChI is InChI=1S/C16H25NO/c1-12(2)11-15(17)16(9-4-10-16)13-5-7-14(18-3)8-6-13/h5-8,12,15H,4,9-11,17H2,1-3H3. The highest BCUT2D eigenvalue weighted by Crippen LogP contribution is 2.47. The summed E-state index contributed by atoms with van der Waals surface area (Å²) in [5, 5.41) is 0. The van der Waals surface area contributed by atoms with Crippen molar-refractivity contribution in [1.82, 2.24) is 0 Å². The summed E-state index contributed by atoms with van der Waals surface area (Å²) in [5.41, 5.74) is 8.10. The highest BCUT2D eigenvalue weighted by atomic mass is 16.5. The normalized spacial score (nSPS) is 19.4. The van der Waals surface area contributed by atoms with E-state index in [2.05, 4.69) is 38.1 Å². The molecule has 0 radical (unpaired) electrons. The van der Waals surface area contributed by atoms with Crippen LogP contribution in [0, 0.1) is 5.92 Å². The van der Waals surface area contributed by atoms with Gasteiger partial charge in [-0.2, -0.15) is 0 Å². The molecule has 0 heterocycles. The van der Waals surface area contributed by atoms with Crippen LogP contribution in [0.4, 0.5) is 0 Å². The van der Waals surface area contributed by atoms with Gasteiger partial charge in [-0.25, -0.2) is 0 Å². The van der Waals surface area contributed by atoms with Gasteiger partial charge in [0.1, 0.15) is 5.75 Å². The van der Waals surface area contributed by atoms with Crippen molar-refractivity contribution < 1.29 is 4.74 Å². The maximum absolute atomic E-state index is 6.49. The molecule has 1 unspecified atom stereocenters. The summed E-state index contributed by atoms with van der Waals surface area (Å²) < 4.78 is 5.23. The van der Waals surface area contributed by atoms with Gasteiger partial charge in [0, 0.05) is 11.5 Å². The van der Waals surface area contributed by atoms with E-state index in [4.69, 9.17) is 10.5 Å². The first-order valence-electron chi connectivity index (χ1n) is 6.98. The molecule has 2 heteroatoms. The summed E-state index contributed by atoms with van der Waals surface area (Å²) in [6, 6.07) is 8.77. The van der Waals surface area contributed by atoms with Gasteiger partial charge in [0.2, 0.25) is 0 Å². The average Bonchev–Trinajstić information content (AvgIpc) is 2.27. The smallest absolute Gasteiger partial charge is 0.118 e. The Morgan fingerprint density at radius 2 is 1.83 bits per heavy atom.